The van der Waals surface area contributed by atoms with Crippen molar-refractivity contribution in [1.82, 2.24) is 25.1 Å². The topological polar surface area (TPSA) is 103 Å². The predicted molar refractivity (Wildman–Crippen MR) is 81.9 cm³/mol. The van der Waals surface area contributed by atoms with E-state index in [1.165, 1.54) is 18.7 Å². The van der Waals surface area contributed by atoms with Crippen LogP contribution >= 0.6 is 0 Å². The minimum atomic E-state index is -1.95. The normalized spacial score (nSPS) is 16.3. The molecule has 0 aromatic carbocycles. The number of aromatic nitrogens is 5. The van der Waals surface area contributed by atoms with Gasteiger partial charge in [-0.1, -0.05) is 0 Å². The molecule has 118 valence electrons. The van der Waals surface area contributed by atoms with Gasteiger partial charge in [-0.05, 0) is 12.5 Å². The molecule has 1 amide bonds. The second kappa shape index (κ2) is 4.77. The minimum absolute atomic E-state index is 0.0482. The van der Waals surface area contributed by atoms with E-state index < -0.39 is 11.6 Å². The molecule has 1 saturated heterocycles. The molecular weight excluding hydrogens is 301 g/mol. The maximum atomic E-state index is 14.7. The van der Waals surface area contributed by atoms with E-state index in [0.717, 1.165) is 10.9 Å². The lowest BCUT2D eigenvalue weighted by Crippen LogP contribution is -2.65. The Balaban J connectivity index is 1.54. The summed E-state index contributed by atoms with van der Waals surface area (Å²) in [4.78, 5) is 25.2. The van der Waals surface area contributed by atoms with Crippen molar-refractivity contribution in [2.45, 2.75) is 12.6 Å². The standard InChI is InChI=1S/C14H14FN7O/c1-8-2-16-11-10(8)12(18-7-17-11)22-5-14(15,6-22)13(23)21-9-3-19-20-4-9/h2-4,7H,5-6H2,1H3,(H,19,20)(H,21,23)(H,16,17,18). The van der Waals surface area contributed by atoms with Crippen molar-refractivity contribution in [3.63, 3.8) is 0 Å². The fraction of sp³-hybridized carbons (Fsp3) is 0.286. The number of aromatic amines is 2. The van der Waals surface area contributed by atoms with E-state index in [1.807, 2.05) is 13.1 Å². The van der Waals surface area contributed by atoms with Gasteiger partial charge in [-0.25, -0.2) is 14.4 Å². The first-order chi connectivity index (χ1) is 11.1. The molecule has 0 saturated carbocycles. The summed E-state index contributed by atoms with van der Waals surface area (Å²) in [7, 11) is 0. The van der Waals surface area contributed by atoms with Gasteiger partial charge in [-0.15, -0.1) is 0 Å². The van der Waals surface area contributed by atoms with Crippen LogP contribution in [-0.2, 0) is 4.79 Å². The molecule has 3 aromatic rings. The maximum absolute atomic E-state index is 14.7. The van der Waals surface area contributed by atoms with Crippen molar-refractivity contribution in [1.29, 1.82) is 0 Å². The number of H-pyrrole nitrogens is 2. The van der Waals surface area contributed by atoms with Crippen LogP contribution in [0.15, 0.2) is 24.9 Å². The highest BCUT2D eigenvalue weighted by Gasteiger charge is 2.51. The number of nitrogens with zero attached hydrogens (tertiary/aromatic N) is 4. The molecule has 3 N–H and O–H groups in total. The monoisotopic (exact) mass is 315 g/mol. The molecule has 0 aliphatic carbocycles. The van der Waals surface area contributed by atoms with Gasteiger partial charge in [-0.2, -0.15) is 5.10 Å². The zero-order valence-corrected chi connectivity index (χ0v) is 12.3. The van der Waals surface area contributed by atoms with Gasteiger partial charge in [0.25, 0.3) is 5.91 Å². The summed E-state index contributed by atoms with van der Waals surface area (Å²) in [6.07, 6.45) is 6.18. The summed E-state index contributed by atoms with van der Waals surface area (Å²) in [5.41, 5.74) is 0.177. The number of anilines is 2. The van der Waals surface area contributed by atoms with Gasteiger partial charge >= 0.3 is 0 Å². The van der Waals surface area contributed by atoms with Gasteiger partial charge in [-0.3, -0.25) is 9.89 Å². The third kappa shape index (κ3) is 2.12. The van der Waals surface area contributed by atoms with Crippen LogP contribution < -0.4 is 10.2 Å². The van der Waals surface area contributed by atoms with Crippen molar-refractivity contribution < 1.29 is 9.18 Å². The molecule has 0 unspecified atom stereocenters. The highest BCUT2D eigenvalue weighted by Crippen LogP contribution is 2.35. The van der Waals surface area contributed by atoms with Crippen LogP contribution in [0.1, 0.15) is 5.56 Å². The Hall–Kier alpha value is -2.97. The largest absolute Gasteiger partial charge is 0.348 e. The summed E-state index contributed by atoms with van der Waals surface area (Å²) in [5.74, 6) is -0.0376. The number of amides is 1. The molecule has 0 radical (unpaired) electrons. The first-order valence-electron chi connectivity index (χ1n) is 7.10. The van der Waals surface area contributed by atoms with E-state index >= 15 is 0 Å². The van der Waals surface area contributed by atoms with Crippen LogP contribution in [0, 0.1) is 6.92 Å². The van der Waals surface area contributed by atoms with E-state index in [-0.39, 0.29) is 13.1 Å². The summed E-state index contributed by atoms with van der Waals surface area (Å²) >= 11 is 0. The quantitative estimate of drug-likeness (QED) is 0.673. The molecule has 8 nitrogen and oxygen atoms in total. The van der Waals surface area contributed by atoms with E-state index in [4.69, 9.17) is 0 Å². The van der Waals surface area contributed by atoms with Gasteiger partial charge in [0.1, 0.15) is 17.8 Å². The molecule has 1 aliphatic rings. The number of aryl methyl sites for hydroxylation is 1. The number of alkyl halides is 1. The van der Waals surface area contributed by atoms with Crippen LogP contribution in [-0.4, -0.2) is 49.8 Å². The summed E-state index contributed by atoms with van der Waals surface area (Å²) in [5, 5.41) is 9.63. The molecule has 0 atom stereocenters. The molecule has 1 fully saturated rings. The number of rotatable bonds is 3. The second-order valence-electron chi connectivity index (χ2n) is 5.66. The highest BCUT2D eigenvalue weighted by molar-refractivity contribution is 6.00. The molecule has 4 rings (SSSR count). The van der Waals surface area contributed by atoms with Crippen molar-refractivity contribution in [2.75, 3.05) is 23.3 Å². The maximum Gasteiger partial charge on any atom is 0.265 e. The Morgan fingerprint density at radius 2 is 2.22 bits per heavy atom. The minimum Gasteiger partial charge on any atom is -0.348 e. The molecule has 3 aromatic heterocycles. The first-order valence-corrected chi connectivity index (χ1v) is 7.10. The molecule has 1 aliphatic heterocycles. The number of carbonyl (C=O) groups excluding carboxylic acids is 1. The highest BCUT2D eigenvalue weighted by atomic mass is 19.1. The zero-order valence-electron chi connectivity index (χ0n) is 12.3. The molecule has 0 bridgehead atoms. The van der Waals surface area contributed by atoms with Gasteiger partial charge < -0.3 is 15.2 Å². The fourth-order valence-corrected chi connectivity index (χ4v) is 2.75. The molecular formula is C14H14FN7O. The van der Waals surface area contributed by atoms with Crippen LogP contribution in [0.3, 0.4) is 0 Å². The number of carbonyl (C=O) groups is 1. The Morgan fingerprint density at radius 3 is 2.96 bits per heavy atom. The number of nitrogens with one attached hydrogen (secondary N) is 3. The first kappa shape index (κ1) is 13.7. The molecule has 23 heavy (non-hydrogen) atoms. The van der Waals surface area contributed by atoms with E-state index in [1.54, 1.807) is 4.90 Å². The van der Waals surface area contributed by atoms with Gasteiger partial charge in [0.05, 0.1) is 30.4 Å². The van der Waals surface area contributed by atoms with Gasteiger partial charge in [0.15, 0.2) is 0 Å². The van der Waals surface area contributed by atoms with Crippen LogP contribution in [0.4, 0.5) is 15.9 Å². The predicted octanol–water partition coefficient (Wildman–Crippen LogP) is 1.16. The van der Waals surface area contributed by atoms with Crippen molar-refractivity contribution in [2.24, 2.45) is 0 Å². The Labute approximate surface area is 130 Å². The van der Waals surface area contributed by atoms with Crippen molar-refractivity contribution in [3.8, 4) is 0 Å². The smallest absolute Gasteiger partial charge is 0.265 e. The number of hydrogen-bond acceptors (Lipinski definition) is 5. The number of fused-ring (bicyclic) bond motifs is 1. The third-order valence-electron chi connectivity index (χ3n) is 3.99. The lowest BCUT2D eigenvalue weighted by atomic mass is 9.94. The lowest BCUT2D eigenvalue weighted by Gasteiger charge is -2.43. The van der Waals surface area contributed by atoms with Gasteiger partial charge in [0.2, 0.25) is 5.67 Å². The average Bonchev–Trinajstić information content (AvgIpc) is 3.14. The average molecular weight is 315 g/mol. The fourth-order valence-electron chi connectivity index (χ4n) is 2.75. The SMILES string of the molecule is Cc1c[nH]c2ncnc(N3CC(F)(C(=O)Nc4cn[nH]c4)C3)c12. The Kier molecular flexibility index (Phi) is 2.83. The number of hydrogen-bond donors (Lipinski definition) is 3. The number of halogens is 1. The summed E-state index contributed by atoms with van der Waals surface area (Å²) in [6, 6.07) is 0. The molecule has 0 spiro atoms. The Morgan fingerprint density at radius 1 is 1.39 bits per heavy atom. The van der Waals surface area contributed by atoms with Crippen LogP contribution in [0.25, 0.3) is 11.0 Å². The van der Waals surface area contributed by atoms with Crippen molar-refractivity contribution in [3.05, 3.63) is 30.5 Å². The van der Waals surface area contributed by atoms with Crippen LogP contribution in [0.5, 0.6) is 0 Å². The molecule has 9 heteroatoms. The second-order valence-corrected chi connectivity index (χ2v) is 5.66. The van der Waals surface area contributed by atoms with E-state index in [9.17, 15) is 9.18 Å². The van der Waals surface area contributed by atoms with Crippen molar-refractivity contribution >= 4 is 28.4 Å². The van der Waals surface area contributed by atoms with Crippen LogP contribution in [0.2, 0.25) is 0 Å². The summed E-state index contributed by atoms with van der Waals surface area (Å²) < 4.78 is 14.7. The van der Waals surface area contributed by atoms with E-state index in [0.29, 0.717) is 17.2 Å². The Bertz CT molecular complexity index is 867. The third-order valence-corrected chi connectivity index (χ3v) is 3.99. The summed E-state index contributed by atoms with van der Waals surface area (Å²) in [6.45, 7) is 1.83. The molecule has 4 heterocycles. The zero-order chi connectivity index (χ0) is 16.0. The van der Waals surface area contributed by atoms with E-state index in [2.05, 4.69) is 30.5 Å². The lowest BCUT2D eigenvalue weighted by molar-refractivity contribution is -0.128. The van der Waals surface area contributed by atoms with Gasteiger partial charge in [0, 0.05) is 12.4 Å².